The van der Waals surface area contributed by atoms with Gasteiger partial charge in [0.05, 0.1) is 17.9 Å². The Bertz CT molecular complexity index is 1490. The predicted molar refractivity (Wildman–Crippen MR) is 167 cm³/mol. The highest BCUT2D eigenvalue weighted by molar-refractivity contribution is 7.14. The first-order valence-corrected chi connectivity index (χ1v) is 15.7. The molecule has 1 unspecified atom stereocenters. The highest BCUT2D eigenvalue weighted by Crippen LogP contribution is 2.35. The lowest BCUT2D eigenvalue weighted by Crippen LogP contribution is -2.42. The lowest BCUT2D eigenvalue weighted by molar-refractivity contribution is -0.131. The molecule has 2 fully saturated rings. The zero-order valence-electron chi connectivity index (χ0n) is 25.0. The Kier molecular flexibility index (Phi) is 9.55. The highest BCUT2D eigenvalue weighted by atomic mass is 32.1. The number of hydrogen-bond acceptors (Lipinski definition) is 7. The van der Waals surface area contributed by atoms with Crippen LogP contribution in [-0.4, -0.2) is 82.1 Å². The van der Waals surface area contributed by atoms with Gasteiger partial charge in [-0.15, -0.1) is 11.3 Å². The average molecular weight is 593 g/mol. The molecule has 4 aromatic rings. The van der Waals surface area contributed by atoms with E-state index in [9.17, 15) is 9.18 Å². The molecule has 0 spiro atoms. The molecule has 5 heterocycles. The molecule has 2 aliphatic rings. The minimum atomic E-state index is -0.249. The molecular formula is C32H41FN6O2S. The minimum Gasteiger partial charge on any atom is -0.400 e. The summed E-state index contributed by atoms with van der Waals surface area (Å²) in [6.07, 6.45) is 6.28. The second-order valence-electron chi connectivity index (χ2n) is 11.3. The van der Waals surface area contributed by atoms with Crippen molar-refractivity contribution in [2.45, 2.75) is 45.4 Å². The first-order valence-electron chi connectivity index (χ1n) is 14.8. The van der Waals surface area contributed by atoms with Crippen molar-refractivity contribution in [3.8, 4) is 11.3 Å². The highest BCUT2D eigenvalue weighted by Gasteiger charge is 2.28. The van der Waals surface area contributed by atoms with Crippen LogP contribution in [0.25, 0.3) is 16.9 Å². The summed E-state index contributed by atoms with van der Waals surface area (Å²) in [5.74, 6) is 2.14. The number of rotatable bonds is 7. The SMILES string of the molecule is CCc1nc2ccc(C3CCN(CC(=O)N4CCC(C)C4)CC3)cn2c1N(C)c1nc(-c2ccc(F)cc2)cs1.CO. The number of nitrogens with zero attached hydrogens (tertiary/aromatic N) is 6. The summed E-state index contributed by atoms with van der Waals surface area (Å²) in [6.45, 7) is 8.61. The molecule has 0 aliphatic carbocycles. The molecule has 1 N–H and O–H groups in total. The number of carbonyl (C=O) groups is 1. The molecule has 0 saturated carbocycles. The van der Waals surface area contributed by atoms with Gasteiger partial charge in [0.1, 0.15) is 17.3 Å². The summed E-state index contributed by atoms with van der Waals surface area (Å²) in [5.41, 5.74) is 5.01. The summed E-state index contributed by atoms with van der Waals surface area (Å²) in [4.78, 5) is 29.0. The molecule has 2 saturated heterocycles. The molecule has 10 heteroatoms. The van der Waals surface area contributed by atoms with Gasteiger partial charge in [-0.3, -0.25) is 14.1 Å². The number of fused-ring (bicyclic) bond motifs is 1. The zero-order chi connectivity index (χ0) is 29.8. The van der Waals surface area contributed by atoms with Crippen LogP contribution in [0, 0.1) is 11.7 Å². The van der Waals surface area contributed by atoms with Crippen LogP contribution in [0.3, 0.4) is 0 Å². The molecule has 2 aliphatic heterocycles. The van der Waals surface area contributed by atoms with Crippen molar-refractivity contribution in [1.29, 1.82) is 0 Å². The van der Waals surface area contributed by atoms with Crippen LogP contribution >= 0.6 is 11.3 Å². The maximum absolute atomic E-state index is 13.4. The van der Waals surface area contributed by atoms with E-state index in [4.69, 9.17) is 15.1 Å². The number of aliphatic hydroxyl groups is 1. The molecule has 1 aromatic carbocycles. The number of aliphatic hydroxyl groups excluding tert-OH is 1. The number of anilines is 2. The first-order chi connectivity index (χ1) is 20.4. The van der Waals surface area contributed by atoms with Gasteiger partial charge >= 0.3 is 0 Å². The Morgan fingerprint density at radius 1 is 1.07 bits per heavy atom. The van der Waals surface area contributed by atoms with Gasteiger partial charge in [0.15, 0.2) is 5.13 Å². The number of halogens is 1. The van der Waals surface area contributed by atoms with Crippen molar-refractivity contribution in [3.05, 3.63) is 65.0 Å². The van der Waals surface area contributed by atoms with Crippen LogP contribution < -0.4 is 4.90 Å². The fraction of sp³-hybridized carbons (Fsp3) is 0.469. The quantitative estimate of drug-likeness (QED) is 0.302. The largest absolute Gasteiger partial charge is 0.400 e. The van der Waals surface area contributed by atoms with Gasteiger partial charge < -0.3 is 14.9 Å². The van der Waals surface area contributed by atoms with E-state index in [0.29, 0.717) is 18.4 Å². The lowest BCUT2D eigenvalue weighted by Gasteiger charge is -2.32. The maximum Gasteiger partial charge on any atom is 0.236 e. The standard InChI is InChI=1S/C31H37FN6OS.CH4O/c1-4-26-30(35(3)31-34-27(20-40-31)23-5-8-25(32)9-6-23)38-18-24(7-10-28(38)33-26)22-12-14-36(15-13-22)19-29(39)37-16-11-21(2)17-37;1-2/h5-10,18,20-22H,4,11-17,19H2,1-3H3;2H,1H3. The molecule has 6 rings (SSSR count). The molecule has 224 valence electrons. The third-order valence-corrected chi connectivity index (χ3v) is 9.37. The number of pyridine rings is 1. The van der Waals surface area contributed by atoms with E-state index in [0.717, 1.165) is 92.5 Å². The average Bonchev–Trinajstić information content (AvgIpc) is 3.77. The Morgan fingerprint density at radius 3 is 2.48 bits per heavy atom. The van der Waals surface area contributed by atoms with Gasteiger partial charge in [0, 0.05) is 44.4 Å². The van der Waals surface area contributed by atoms with Gasteiger partial charge in [0.2, 0.25) is 5.91 Å². The van der Waals surface area contributed by atoms with Crippen molar-refractivity contribution < 1.29 is 14.3 Å². The fourth-order valence-electron chi connectivity index (χ4n) is 6.07. The van der Waals surface area contributed by atoms with E-state index in [1.165, 1.54) is 17.7 Å². The van der Waals surface area contributed by atoms with Crippen LogP contribution in [-0.2, 0) is 11.2 Å². The minimum absolute atomic E-state index is 0.249. The summed E-state index contributed by atoms with van der Waals surface area (Å²) >= 11 is 1.57. The van der Waals surface area contributed by atoms with Crippen LogP contribution in [0.2, 0.25) is 0 Å². The van der Waals surface area contributed by atoms with Crippen molar-refractivity contribution in [2.24, 2.45) is 5.92 Å². The van der Waals surface area contributed by atoms with Gasteiger partial charge in [-0.05, 0) is 86.5 Å². The van der Waals surface area contributed by atoms with E-state index in [1.807, 2.05) is 17.3 Å². The van der Waals surface area contributed by atoms with Crippen molar-refractivity contribution in [3.63, 3.8) is 0 Å². The summed E-state index contributed by atoms with van der Waals surface area (Å²) in [7, 11) is 3.04. The molecule has 8 nitrogen and oxygen atoms in total. The van der Waals surface area contributed by atoms with Gasteiger partial charge in [-0.2, -0.15) is 0 Å². The van der Waals surface area contributed by atoms with Crippen LogP contribution in [0.15, 0.2) is 48.0 Å². The number of likely N-dealkylation sites (tertiary alicyclic amines) is 2. The lowest BCUT2D eigenvalue weighted by atomic mass is 9.90. The van der Waals surface area contributed by atoms with E-state index < -0.39 is 0 Å². The summed E-state index contributed by atoms with van der Waals surface area (Å²) < 4.78 is 15.6. The van der Waals surface area contributed by atoms with E-state index in [1.54, 1.807) is 23.5 Å². The van der Waals surface area contributed by atoms with Crippen molar-refractivity contribution in [2.75, 3.05) is 51.8 Å². The van der Waals surface area contributed by atoms with E-state index in [2.05, 4.69) is 46.4 Å². The Balaban J connectivity index is 0.00000173. The first kappa shape index (κ1) is 30.1. The third kappa shape index (κ3) is 6.35. The number of thiazole rings is 1. The number of carbonyl (C=O) groups excluding carboxylic acids is 1. The topological polar surface area (TPSA) is 77.2 Å². The second-order valence-corrected chi connectivity index (χ2v) is 12.1. The molecule has 1 atom stereocenters. The Morgan fingerprint density at radius 2 is 1.81 bits per heavy atom. The Labute approximate surface area is 251 Å². The van der Waals surface area contributed by atoms with Gasteiger partial charge in [-0.1, -0.05) is 19.9 Å². The smallest absolute Gasteiger partial charge is 0.236 e. The summed E-state index contributed by atoms with van der Waals surface area (Å²) in [5, 5.41) is 9.88. The summed E-state index contributed by atoms with van der Waals surface area (Å²) in [6, 6.07) is 10.8. The van der Waals surface area contributed by atoms with Crippen molar-refractivity contribution >= 4 is 33.8 Å². The predicted octanol–water partition coefficient (Wildman–Crippen LogP) is 5.58. The monoisotopic (exact) mass is 592 g/mol. The number of imidazole rings is 1. The van der Waals surface area contributed by atoms with Gasteiger partial charge in [-0.25, -0.2) is 14.4 Å². The van der Waals surface area contributed by atoms with E-state index in [-0.39, 0.29) is 11.7 Å². The number of aromatic nitrogens is 3. The molecule has 0 radical (unpaired) electrons. The molecule has 42 heavy (non-hydrogen) atoms. The fourth-order valence-corrected chi connectivity index (χ4v) is 6.87. The zero-order valence-corrected chi connectivity index (χ0v) is 25.8. The second kappa shape index (κ2) is 13.3. The van der Waals surface area contributed by atoms with Crippen molar-refractivity contribution in [1.82, 2.24) is 24.2 Å². The van der Waals surface area contributed by atoms with Crippen LogP contribution in [0.4, 0.5) is 15.3 Å². The number of aryl methyl sites for hydroxylation is 1. The van der Waals surface area contributed by atoms with Crippen LogP contribution in [0.5, 0.6) is 0 Å². The molecule has 3 aromatic heterocycles. The Hall–Kier alpha value is -3.34. The number of amides is 1. The third-order valence-electron chi connectivity index (χ3n) is 8.45. The van der Waals surface area contributed by atoms with E-state index >= 15 is 0 Å². The number of benzene rings is 1. The number of hydrogen-bond donors (Lipinski definition) is 1. The molecular weight excluding hydrogens is 551 g/mol. The number of piperidine rings is 1. The van der Waals surface area contributed by atoms with Gasteiger partial charge in [0.25, 0.3) is 0 Å². The normalized spacial score (nSPS) is 17.9. The molecule has 1 amide bonds. The maximum atomic E-state index is 13.4. The molecule has 0 bridgehead atoms. The van der Waals surface area contributed by atoms with Crippen LogP contribution in [0.1, 0.15) is 50.3 Å².